The summed E-state index contributed by atoms with van der Waals surface area (Å²) in [5.74, 6) is -1.27. The summed E-state index contributed by atoms with van der Waals surface area (Å²) in [5.41, 5.74) is 2.47. The van der Waals surface area contributed by atoms with Crippen LogP contribution in [0.5, 0.6) is 5.75 Å². The van der Waals surface area contributed by atoms with E-state index in [0.29, 0.717) is 5.56 Å². The van der Waals surface area contributed by atoms with Gasteiger partial charge in [-0.1, -0.05) is 6.07 Å². The topological polar surface area (TPSA) is 66.8 Å². The molecule has 0 fully saturated rings. The second-order valence-corrected chi connectivity index (χ2v) is 3.44. The van der Waals surface area contributed by atoms with Crippen LogP contribution >= 0.6 is 0 Å². The number of methoxy groups -OCH3 is 1. The molecule has 0 saturated carbocycles. The van der Waals surface area contributed by atoms with Gasteiger partial charge in [0.25, 0.3) is 0 Å². The SMILES string of the molecule is COc1ccc(/C=C(\O)C(=O)O)c(C)c1C. The number of ether oxygens (including phenoxy) is 1. The Bertz CT molecular complexity index is 447. The van der Waals surface area contributed by atoms with Gasteiger partial charge in [0, 0.05) is 0 Å². The van der Waals surface area contributed by atoms with Crippen molar-refractivity contribution in [2.24, 2.45) is 0 Å². The molecule has 0 aliphatic heterocycles. The number of rotatable bonds is 3. The second kappa shape index (κ2) is 4.70. The molecule has 4 nitrogen and oxygen atoms in total. The molecule has 0 unspecified atom stereocenters. The van der Waals surface area contributed by atoms with E-state index in [-0.39, 0.29) is 0 Å². The Balaban J connectivity index is 3.23. The first-order chi connectivity index (χ1) is 7.47. The number of benzene rings is 1. The van der Waals surface area contributed by atoms with E-state index in [1.807, 2.05) is 13.8 Å². The van der Waals surface area contributed by atoms with Crippen LogP contribution in [0.4, 0.5) is 0 Å². The Labute approximate surface area is 93.8 Å². The lowest BCUT2D eigenvalue weighted by molar-refractivity contribution is -0.135. The first-order valence-electron chi connectivity index (χ1n) is 4.75. The highest BCUT2D eigenvalue weighted by atomic mass is 16.5. The summed E-state index contributed by atoms with van der Waals surface area (Å²) < 4.78 is 5.13. The Morgan fingerprint density at radius 2 is 1.88 bits per heavy atom. The summed E-state index contributed by atoms with van der Waals surface area (Å²) in [5, 5.41) is 17.7. The molecule has 16 heavy (non-hydrogen) atoms. The minimum absolute atomic E-state index is 0.665. The van der Waals surface area contributed by atoms with Crippen LogP contribution in [0.1, 0.15) is 16.7 Å². The van der Waals surface area contributed by atoms with Crippen molar-refractivity contribution in [1.29, 1.82) is 0 Å². The third-order valence-corrected chi connectivity index (χ3v) is 2.51. The number of carbonyl (C=O) groups is 1. The van der Waals surface area contributed by atoms with Crippen molar-refractivity contribution in [2.45, 2.75) is 13.8 Å². The summed E-state index contributed by atoms with van der Waals surface area (Å²) in [6.07, 6.45) is 1.23. The van der Waals surface area contributed by atoms with Crippen LogP contribution in [-0.2, 0) is 4.79 Å². The normalized spacial score (nSPS) is 11.3. The van der Waals surface area contributed by atoms with Gasteiger partial charge >= 0.3 is 5.97 Å². The lowest BCUT2D eigenvalue weighted by atomic mass is 10.0. The highest BCUT2D eigenvalue weighted by Gasteiger charge is 2.08. The lowest BCUT2D eigenvalue weighted by Gasteiger charge is -2.10. The first kappa shape index (κ1) is 12.1. The van der Waals surface area contributed by atoms with E-state index in [0.717, 1.165) is 16.9 Å². The van der Waals surface area contributed by atoms with E-state index < -0.39 is 11.7 Å². The number of aliphatic hydroxyl groups is 1. The van der Waals surface area contributed by atoms with Crippen molar-refractivity contribution in [3.8, 4) is 5.75 Å². The van der Waals surface area contributed by atoms with Gasteiger partial charge in [0.2, 0.25) is 5.76 Å². The summed E-state index contributed by atoms with van der Waals surface area (Å²) in [6.45, 7) is 3.72. The molecule has 0 aliphatic carbocycles. The molecular weight excluding hydrogens is 208 g/mol. The smallest absolute Gasteiger partial charge is 0.370 e. The van der Waals surface area contributed by atoms with Crippen LogP contribution in [0, 0.1) is 13.8 Å². The Morgan fingerprint density at radius 1 is 1.25 bits per heavy atom. The van der Waals surface area contributed by atoms with Crippen LogP contribution in [0.2, 0.25) is 0 Å². The standard InChI is InChI=1S/C12H14O4/c1-7-8(2)11(16-3)5-4-9(7)6-10(13)12(14)15/h4-6,13H,1-3H3,(H,14,15)/b10-6-. The van der Waals surface area contributed by atoms with Crippen molar-refractivity contribution >= 4 is 12.0 Å². The minimum Gasteiger partial charge on any atom is -0.502 e. The maximum atomic E-state index is 10.5. The van der Waals surface area contributed by atoms with Gasteiger partial charge in [-0.2, -0.15) is 0 Å². The highest BCUT2D eigenvalue weighted by molar-refractivity contribution is 5.89. The predicted molar refractivity (Wildman–Crippen MR) is 60.7 cm³/mol. The maximum absolute atomic E-state index is 10.5. The maximum Gasteiger partial charge on any atom is 0.370 e. The summed E-state index contributed by atoms with van der Waals surface area (Å²) in [4.78, 5) is 10.5. The average Bonchev–Trinajstić information content (AvgIpc) is 2.25. The molecule has 0 aromatic heterocycles. The van der Waals surface area contributed by atoms with Gasteiger partial charge < -0.3 is 14.9 Å². The van der Waals surface area contributed by atoms with Crippen molar-refractivity contribution in [2.75, 3.05) is 7.11 Å². The van der Waals surface area contributed by atoms with E-state index in [4.69, 9.17) is 14.9 Å². The van der Waals surface area contributed by atoms with Crippen molar-refractivity contribution in [3.05, 3.63) is 34.6 Å². The van der Waals surface area contributed by atoms with Crippen LogP contribution in [0.15, 0.2) is 17.9 Å². The quantitative estimate of drug-likeness (QED) is 0.608. The third kappa shape index (κ3) is 2.34. The number of aliphatic hydroxyl groups excluding tert-OH is 1. The Kier molecular flexibility index (Phi) is 3.55. The molecule has 0 bridgehead atoms. The van der Waals surface area contributed by atoms with Gasteiger partial charge in [-0.25, -0.2) is 4.79 Å². The van der Waals surface area contributed by atoms with Crippen LogP contribution in [0.3, 0.4) is 0 Å². The minimum atomic E-state index is -1.34. The largest absolute Gasteiger partial charge is 0.502 e. The van der Waals surface area contributed by atoms with E-state index >= 15 is 0 Å². The molecule has 0 saturated heterocycles. The molecule has 2 N–H and O–H groups in total. The number of aliphatic carboxylic acids is 1. The molecule has 1 aromatic carbocycles. The molecule has 0 aliphatic rings. The molecular formula is C12H14O4. The number of carboxylic acids is 1. The van der Waals surface area contributed by atoms with Gasteiger partial charge in [0.05, 0.1) is 7.11 Å². The van der Waals surface area contributed by atoms with Crippen LogP contribution in [-0.4, -0.2) is 23.3 Å². The summed E-state index contributed by atoms with van der Waals surface area (Å²) in [6, 6.07) is 3.45. The first-order valence-corrected chi connectivity index (χ1v) is 4.75. The summed E-state index contributed by atoms with van der Waals surface area (Å²) in [7, 11) is 1.58. The monoisotopic (exact) mass is 222 g/mol. The lowest BCUT2D eigenvalue weighted by Crippen LogP contribution is -1.99. The van der Waals surface area contributed by atoms with Gasteiger partial charge in [-0.15, -0.1) is 0 Å². The molecule has 1 rings (SSSR count). The number of carboxylic acid groups (broad SMARTS) is 1. The second-order valence-electron chi connectivity index (χ2n) is 3.44. The fraction of sp³-hybridized carbons (Fsp3) is 0.250. The average molecular weight is 222 g/mol. The van der Waals surface area contributed by atoms with Crippen LogP contribution in [0.25, 0.3) is 6.08 Å². The molecule has 1 aromatic rings. The zero-order chi connectivity index (χ0) is 12.3. The summed E-state index contributed by atoms with van der Waals surface area (Å²) >= 11 is 0. The van der Waals surface area contributed by atoms with Crippen molar-refractivity contribution < 1.29 is 19.7 Å². The molecule has 4 heteroatoms. The van der Waals surface area contributed by atoms with Gasteiger partial charge in [-0.05, 0) is 42.7 Å². The van der Waals surface area contributed by atoms with Crippen molar-refractivity contribution in [1.82, 2.24) is 0 Å². The van der Waals surface area contributed by atoms with E-state index in [2.05, 4.69) is 0 Å². The van der Waals surface area contributed by atoms with E-state index in [9.17, 15) is 4.79 Å². The molecule has 0 atom stereocenters. The van der Waals surface area contributed by atoms with E-state index in [1.165, 1.54) is 6.08 Å². The van der Waals surface area contributed by atoms with Gasteiger partial charge in [0.1, 0.15) is 5.75 Å². The highest BCUT2D eigenvalue weighted by Crippen LogP contribution is 2.25. The van der Waals surface area contributed by atoms with Gasteiger partial charge in [-0.3, -0.25) is 0 Å². The van der Waals surface area contributed by atoms with E-state index in [1.54, 1.807) is 19.2 Å². The number of hydrogen-bond acceptors (Lipinski definition) is 3. The Hall–Kier alpha value is -1.97. The zero-order valence-electron chi connectivity index (χ0n) is 9.44. The molecule has 86 valence electrons. The fourth-order valence-electron chi connectivity index (χ4n) is 1.40. The molecule has 0 spiro atoms. The predicted octanol–water partition coefficient (Wildman–Crippen LogP) is 2.30. The third-order valence-electron chi connectivity index (χ3n) is 2.51. The molecule has 0 amide bonds. The Morgan fingerprint density at radius 3 is 2.38 bits per heavy atom. The van der Waals surface area contributed by atoms with Crippen molar-refractivity contribution in [3.63, 3.8) is 0 Å². The van der Waals surface area contributed by atoms with Crippen LogP contribution < -0.4 is 4.74 Å². The number of hydrogen-bond donors (Lipinski definition) is 2. The zero-order valence-corrected chi connectivity index (χ0v) is 9.44. The molecule has 0 heterocycles. The fourth-order valence-corrected chi connectivity index (χ4v) is 1.40. The molecule has 0 radical (unpaired) electrons. The van der Waals surface area contributed by atoms with Gasteiger partial charge in [0.15, 0.2) is 0 Å².